The molecule has 0 radical (unpaired) electrons. The molecule has 2 atom stereocenters. The van der Waals surface area contributed by atoms with Crippen molar-refractivity contribution in [1.82, 2.24) is 20.0 Å². The van der Waals surface area contributed by atoms with Crippen molar-refractivity contribution in [3.63, 3.8) is 0 Å². The molecule has 7 rings (SSSR count). The Morgan fingerprint density at radius 1 is 1.02 bits per heavy atom. The number of likely N-dealkylation sites (N-methyl/N-ethyl adjacent to an activating group) is 1. The molecule has 1 aromatic heterocycles. The molecule has 2 fully saturated rings. The molecular weight excluding hydrogens is 502 g/mol. The number of aromatic nitrogens is 2. The Hall–Kier alpha value is -4.43. The van der Waals surface area contributed by atoms with Gasteiger partial charge in [-0.2, -0.15) is 5.10 Å². The van der Waals surface area contributed by atoms with Crippen LogP contribution in [-0.4, -0.2) is 72.1 Å². The van der Waals surface area contributed by atoms with Gasteiger partial charge in [-0.1, -0.05) is 30.3 Å². The quantitative estimate of drug-likeness (QED) is 0.394. The van der Waals surface area contributed by atoms with Crippen molar-refractivity contribution in [3.8, 4) is 5.75 Å². The highest BCUT2D eigenvalue weighted by atomic mass is 16.5. The van der Waals surface area contributed by atoms with Gasteiger partial charge in [0.15, 0.2) is 0 Å². The fraction of sp³-hybridized carbons (Fsp3) is 0.281. The van der Waals surface area contributed by atoms with Crippen LogP contribution >= 0.6 is 0 Å². The Bertz CT molecular complexity index is 1670. The summed E-state index contributed by atoms with van der Waals surface area (Å²) < 4.78 is 5.42. The van der Waals surface area contributed by atoms with Crippen molar-refractivity contribution < 1.29 is 14.3 Å². The summed E-state index contributed by atoms with van der Waals surface area (Å²) >= 11 is 0. The predicted octanol–water partition coefficient (Wildman–Crippen LogP) is 4.51. The van der Waals surface area contributed by atoms with E-state index in [1.54, 1.807) is 7.11 Å². The van der Waals surface area contributed by atoms with Gasteiger partial charge in [-0.05, 0) is 72.6 Å². The number of piperazine rings is 1. The minimum absolute atomic E-state index is 0.0605. The van der Waals surface area contributed by atoms with Crippen LogP contribution in [0.15, 0.2) is 60.7 Å². The monoisotopic (exact) mass is 533 g/mol. The van der Waals surface area contributed by atoms with Gasteiger partial charge in [0.25, 0.3) is 5.91 Å². The number of hydrogen-bond donors (Lipinski definition) is 2. The van der Waals surface area contributed by atoms with Crippen molar-refractivity contribution in [2.24, 2.45) is 0 Å². The lowest BCUT2D eigenvalue weighted by atomic mass is 9.91. The number of anilines is 1. The highest BCUT2D eigenvalue weighted by Crippen LogP contribution is 2.65. The first-order chi connectivity index (χ1) is 19.5. The third kappa shape index (κ3) is 3.98. The zero-order chi connectivity index (χ0) is 27.4. The number of amides is 2. The highest BCUT2D eigenvalue weighted by Gasteiger charge is 2.65. The summed E-state index contributed by atoms with van der Waals surface area (Å²) in [7, 11) is 3.73. The van der Waals surface area contributed by atoms with Crippen LogP contribution in [0.3, 0.4) is 0 Å². The molecule has 202 valence electrons. The standard InChI is InChI=1S/C32H31N5O3/c1-36-13-15-37(16-14-36)30(38)21-6-3-20(4-7-21)5-11-27-24-10-8-22(17-29(24)35-34-27)26-19-32(26)25-18-23(40-2)9-12-28(25)33-31(32)39/h3-12,17-18,26H,13-16,19H2,1-2H3,(H,33,39)(H,34,35)/t26-,32-/m0/s1. The van der Waals surface area contributed by atoms with Gasteiger partial charge in [0, 0.05) is 48.7 Å². The molecule has 2 N–H and O–H groups in total. The number of methoxy groups -OCH3 is 1. The molecule has 1 spiro atoms. The maximum absolute atomic E-state index is 13.0. The van der Waals surface area contributed by atoms with E-state index in [1.165, 1.54) is 0 Å². The van der Waals surface area contributed by atoms with E-state index in [1.807, 2.05) is 59.5 Å². The molecule has 3 aliphatic rings. The molecule has 0 unspecified atom stereocenters. The molecule has 1 saturated heterocycles. The minimum atomic E-state index is -0.530. The van der Waals surface area contributed by atoms with Gasteiger partial charge < -0.3 is 19.9 Å². The zero-order valence-corrected chi connectivity index (χ0v) is 22.6. The largest absolute Gasteiger partial charge is 0.497 e. The van der Waals surface area contributed by atoms with Crippen molar-refractivity contribution in [2.75, 3.05) is 45.7 Å². The number of rotatable bonds is 5. The number of hydrogen-bond acceptors (Lipinski definition) is 5. The first kappa shape index (κ1) is 24.6. The van der Waals surface area contributed by atoms with E-state index in [0.717, 1.165) is 77.3 Å². The third-order valence-corrected chi connectivity index (χ3v) is 8.72. The van der Waals surface area contributed by atoms with Crippen LogP contribution < -0.4 is 10.1 Å². The van der Waals surface area contributed by atoms with Gasteiger partial charge >= 0.3 is 0 Å². The van der Waals surface area contributed by atoms with Crippen LogP contribution in [0.5, 0.6) is 5.75 Å². The lowest BCUT2D eigenvalue weighted by Gasteiger charge is -2.32. The normalized spacial score (nSPS) is 22.2. The second-order valence-electron chi connectivity index (χ2n) is 11.1. The average molecular weight is 534 g/mol. The Kier molecular flexibility index (Phi) is 5.75. The smallest absolute Gasteiger partial charge is 0.253 e. The first-order valence-corrected chi connectivity index (χ1v) is 13.7. The molecule has 1 saturated carbocycles. The number of ether oxygens (including phenoxy) is 1. The third-order valence-electron chi connectivity index (χ3n) is 8.72. The topological polar surface area (TPSA) is 90.6 Å². The highest BCUT2D eigenvalue weighted by molar-refractivity contribution is 6.10. The number of carbonyl (C=O) groups is 2. The van der Waals surface area contributed by atoms with Gasteiger partial charge in [-0.25, -0.2) is 0 Å². The van der Waals surface area contributed by atoms with Gasteiger partial charge in [0.1, 0.15) is 5.75 Å². The molecule has 3 heterocycles. The van der Waals surface area contributed by atoms with Crippen molar-refractivity contribution >= 4 is 40.6 Å². The van der Waals surface area contributed by atoms with E-state index in [9.17, 15) is 9.59 Å². The second kappa shape index (κ2) is 9.34. The number of aromatic amines is 1. The maximum Gasteiger partial charge on any atom is 0.253 e. The van der Waals surface area contributed by atoms with Crippen molar-refractivity contribution in [3.05, 3.63) is 88.6 Å². The summed E-state index contributed by atoms with van der Waals surface area (Å²) in [5, 5.41) is 11.8. The summed E-state index contributed by atoms with van der Waals surface area (Å²) in [5.41, 5.74) is 6.00. The summed E-state index contributed by atoms with van der Waals surface area (Å²) in [5.74, 6) is 1.02. The predicted molar refractivity (Wildman–Crippen MR) is 156 cm³/mol. The number of H-pyrrole nitrogens is 1. The van der Waals surface area contributed by atoms with Crippen LogP contribution in [0.1, 0.15) is 45.1 Å². The Balaban J connectivity index is 1.07. The molecule has 40 heavy (non-hydrogen) atoms. The number of carbonyl (C=O) groups excluding carboxylic acids is 2. The number of benzene rings is 3. The summed E-state index contributed by atoms with van der Waals surface area (Å²) in [6, 6.07) is 19.8. The Morgan fingerprint density at radius 3 is 2.60 bits per heavy atom. The fourth-order valence-electron chi connectivity index (χ4n) is 6.20. The van der Waals surface area contributed by atoms with E-state index in [4.69, 9.17) is 4.74 Å². The zero-order valence-electron chi connectivity index (χ0n) is 22.6. The summed E-state index contributed by atoms with van der Waals surface area (Å²) in [4.78, 5) is 30.0. The van der Waals surface area contributed by atoms with Crippen molar-refractivity contribution in [2.45, 2.75) is 17.8 Å². The first-order valence-electron chi connectivity index (χ1n) is 13.7. The van der Waals surface area contributed by atoms with Crippen LogP contribution in [-0.2, 0) is 10.2 Å². The molecule has 3 aromatic carbocycles. The number of nitrogens with zero attached hydrogens (tertiary/aromatic N) is 3. The molecule has 4 aromatic rings. The van der Waals surface area contributed by atoms with Crippen molar-refractivity contribution in [1.29, 1.82) is 0 Å². The molecule has 8 heteroatoms. The number of nitrogens with one attached hydrogen (secondary N) is 2. The van der Waals surface area contributed by atoms with Crippen LogP contribution in [0.25, 0.3) is 23.1 Å². The Labute approximate surface area is 232 Å². The molecule has 0 bridgehead atoms. The lowest BCUT2D eigenvalue weighted by Crippen LogP contribution is -2.47. The summed E-state index contributed by atoms with van der Waals surface area (Å²) in [6.45, 7) is 3.35. The molecular formula is C32H31N5O3. The van der Waals surface area contributed by atoms with E-state index in [0.29, 0.717) is 5.56 Å². The lowest BCUT2D eigenvalue weighted by molar-refractivity contribution is -0.118. The van der Waals surface area contributed by atoms with Gasteiger partial charge in [-0.15, -0.1) is 0 Å². The van der Waals surface area contributed by atoms with Gasteiger partial charge in [0.05, 0.1) is 23.7 Å². The van der Waals surface area contributed by atoms with Gasteiger partial charge in [-0.3, -0.25) is 14.7 Å². The van der Waals surface area contributed by atoms with Crippen LogP contribution in [0.2, 0.25) is 0 Å². The van der Waals surface area contributed by atoms with Gasteiger partial charge in [0.2, 0.25) is 5.91 Å². The molecule has 8 nitrogen and oxygen atoms in total. The minimum Gasteiger partial charge on any atom is -0.497 e. The molecule has 1 aliphatic carbocycles. The number of fused-ring (bicyclic) bond motifs is 3. The van der Waals surface area contributed by atoms with E-state index in [2.05, 4.69) is 45.7 Å². The summed E-state index contributed by atoms with van der Waals surface area (Å²) in [6.07, 6.45) is 4.77. The van der Waals surface area contributed by atoms with E-state index in [-0.39, 0.29) is 17.7 Å². The Morgan fingerprint density at radius 2 is 1.82 bits per heavy atom. The molecule has 2 aliphatic heterocycles. The van der Waals surface area contributed by atoms with Crippen LogP contribution in [0, 0.1) is 0 Å². The second-order valence-corrected chi connectivity index (χ2v) is 11.1. The van der Waals surface area contributed by atoms with E-state index < -0.39 is 5.41 Å². The molecule has 2 amide bonds. The van der Waals surface area contributed by atoms with Crippen LogP contribution in [0.4, 0.5) is 5.69 Å². The SMILES string of the molecule is COc1ccc2c(c1)[C@]1(C[C@H]1c1ccc3c(C=Cc4ccc(C(=O)N5CCN(C)CC5)cc4)n[nH]c3c1)C(=O)N2. The average Bonchev–Trinajstić information content (AvgIpc) is 3.53. The van der Waals surface area contributed by atoms with E-state index >= 15 is 0 Å². The maximum atomic E-state index is 13.0. The fourth-order valence-corrected chi connectivity index (χ4v) is 6.20.